The highest BCUT2D eigenvalue weighted by Gasteiger charge is 2.55. The number of carbonyl (C=O) groups is 2. The molecule has 0 aromatic heterocycles. The quantitative estimate of drug-likeness (QED) is 0.575. The van der Waals surface area contributed by atoms with Gasteiger partial charge >= 0.3 is 12.0 Å². The average molecular weight is 396 g/mol. The fourth-order valence-corrected chi connectivity index (χ4v) is 4.17. The lowest BCUT2D eigenvalue weighted by atomic mass is 10.1. The van der Waals surface area contributed by atoms with Crippen LogP contribution >= 0.6 is 0 Å². The third-order valence-electron chi connectivity index (χ3n) is 5.44. The zero-order valence-electron chi connectivity index (χ0n) is 17.3. The first-order valence-corrected chi connectivity index (χ1v) is 9.69. The summed E-state index contributed by atoms with van der Waals surface area (Å²) in [6.45, 7) is 9.45. The number of guanidine groups is 1. The second-order valence-electron chi connectivity index (χ2n) is 7.94. The Morgan fingerprint density at radius 3 is 2.76 bits per heavy atom. The monoisotopic (exact) mass is 396 g/mol. The molecule has 1 fully saturated rings. The van der Waals surface area contributed by atoms with Crippen LogP contribution in [0.2, 0.25) is 0 Å². The lowest BCUT2D eigenvalue weighted by Crippen LogP contribution is -2.63. The lowest BCUT2D eigenvalue weighted by molar-refractivity contribution is -0.545. The number of aliphatic imine (C=N–C) groups is 1. The summed E-state index contributed by atoms with van der Waals surface area (Å²) in [5.74, 6) is 1.94. The average Bonchev–Trinajstić information content (AvgIpc) is 3.08. The standard InChI is InChI=1S/C21H26N5O3/c1-13(2)10-26-19(27)17-18(23(4)21(26)28)22-20-24(11-14(3)12-25(17)20)15-8-6-7-9-16(15)29-5/h6-9,14,17H,1,10-12H2,2-5H3/q+1. The number of ether oxygens (including phenoxy) is 1. The lowest BCUT2D eigenvalue weighted by Gasteiger charge is -2.35. The molecule has 0 radical (unpaired) electrons. The molecule has 2 unspecified atom stereocenters. The van der Waals surface area contributed by atoms with Crippen LogP contribution in [0.25, 0.3) is 0 Å². The van der Waals surface area contributed by atoms with Crippen LogP contribution in [0.15, 0.2) is 41.4 Å². The van der Waals surface area contributed by atoms with Crippen LogP contribution in [0.4, 0.5) is 10.5 Å². The zero-order chi connectivity index (χ0) is 20.9. The van der Waals surface area contributed by atoms with Crippen molar-refractivity contribution >= 4 is 29.4 Å². The van der Waals surface area contributed by atoms with Crippen LogP contribution in [0.3, 0.4) is 0 Å². The van der Waals surface area contributed by atoms with Gasteiger partial charge in [-0.05, 0) is 19.1 Å². The smallest absolute Gasteiger partial charge is 0.397 e. The molecule has 0 saturated carbocycles. The van der Waals surface area contributed by atoms with E-state index in [4.69, 9.17) is 9.73 Å². The van der Waals surface area contributed by atoms with E-state index in [2.05, 4.69) is 18.4 Å². The minimum atomic E-state index is -0.605. The number of methoxy groups -OCH3 is 1. The van der Waals surface area contributed by atoms with Crippen LogP contribution < -0.4 is 9.64 Å². The minimum absolute atomic E-state index is 0.209. The summed E-state index contributed by atoms with van der Waals surface area (Å²) in [7, 11) is 3.31. The van der Waals surface area contributed by atoms with E-state index in [1.807, 2.05) is 35.8 Å². The van der Waals surface area contributed by atoms with E-state index >= 15 is 0 Å². The van der Waals surface area contributed by atoms with Crippen molar-refractivity contribution in [2.45, 2.75) is 19.9 Å². The van der Waals surface area contributed by atoms with Crippen molar-refractivity contribution in [3.05, 3.63) is 36.4 Å². The first kappa shape index (κ1) is 19.2. The Kier molecular flexibility index (Phi) is 4.64. The van der Waals surface area contributed by atoms with Gasteiger partial charge in [-0.2, -0.15) is 0 Å². The maximum atomic E-state index is 13.3. The largest absolute Gasteiger partial charge is 0.493 e. The van der Waals surface area contributed by atoms with Gasteiger partial charge in [0.05, 0.1) is 26.7 Å². The number of rotatable bonds is 4. The molecule has 1 aromatic carbocycles. The fraction of sp³-hybridized carbons (Fsp3) is 0.429. The molecule has 3 aliphatic rings. The van der Waals surface area contributed by atoms with Gasteiger partial charge in [0.2, 0.25) is 11.9 Å². The molecule has 1 aromatic rings. The van der Waals surface area contributed by atoms with E-state index < -0.39 is 6.04 Å². The molecule has 3 amide bonds. The fourth-order valence-electron chi connectivity index (χ4n) is 4.17. The summed E-state index contributed by atoms with van der Waals surface area (Å²) in [6, 6.07) is 6.78. The van der Waals surface area contributed by atoms with E-state index in [1.54, 1.807) is 14.2 Å². The van der Waals surface area contributed by atoms with Gasteiger partial charge in [-0.25, -0.2) is 14.3 Å². The highest BCUT2D eigenvalue weighted by atomic mass is 16.5. The van der Waals surface area contributed by atoms with Crippen LogP contribution in [0.5, 0.6) is 5.75 Å². The van der Waals surface area contributed by atoms with Crippen LogP contribution in [0, 0.1) is 5.92 Å². The van der Waals surface area contributed by atoms with Crippen molar-refractivity contribution in [3.63, 3.8) is 0 Å². The van der Waals surface area contributed by atoms with Gasteiger partial charge in [0.25, 0.3) is 5.91 Å². The Hall–Kier alpha value is -3.16. The number of hydrogen-bond donors (Lipinski definition) is 0. The number of urea groups is 1. The molecule has 1 saturated heterocycles. The Bertz CT molecular complexity index is 967. The predicted octanol–water partition coefficient (Wildman–Crippen LogP) is 1.77. The van der Waals surface area contributed by atoms with E-state index in [9.17, 15) is 9.59 Å². The molecule has 2 atom stereocenters. The molecule has 8 heteroatoms. The summed E-state index contributed by atoms with van der Waals surface area (Å²) in [6.07, 6.45) is 0. The number of likely N-dealkylation sites (N-methyl/N-ethyl adjacent to an activating group) is 1. The van der Waals surface area contributed by atoms with Gasteiger partial charge < -0.3 is 4.74 Å². The second kappa shape index (κ2) is 7.02. The molecule has 0 bridgehead atoms. The van der Waals surface area contributed by atoms with Crippen LogP contribution in [-0.2, 0) is 4.79 Å². The van der Waals surface area contributed by atoms with Gasteiger partial charge in [-0.15, -0.1) is 0 Å². The molecule has 3 heterocycles. The molecule has 0 aliphatic carbocycles. The first-order chi connectivity index (χ1) is 13.8. The van der Waals surface area contributed by atoms with Crippen LogP contribution in [-0.4, -0.2) is 77.9 Å². The Morgan fingerprint density at radius 2 is 2.07 bits per heavy atom. The molecule has 8 nitrogen and oxygen atoms in total. The predicted molar refractivity (Wildman–Crippen MR) is 111 cm³/mol. The van der Waals surface area contributed by atoms with E-state index in [0.29, 0.717) is 24.3 Å². The number of carbonyl (C=O) groups excluding carboxylic acids is 2. The third kappa shape index (κ3) is 2.99. The van der Waals surface area contributed by atoms with Crippen molar-refractivity contribution in [2.75, 3.05) is 38.7 Å². The maximum Gasteiger partial charge on any atom is 0.397 e. The summed E-state index contributed by atoms with van der Waals surface area (Å²) < 4.78 is 7.56. The highest BCUT2D eigenvalue weighted by Crippen LogP contribution is 2.33. The maximum absolute atomic E-state index is 13.3. The van der Waals surface area contributed by atoms with E-state index in [-0.39, 0.29) is 18.5 Å². The summed E-state index contributed by atoms with van der Waals surface area (Å²) in [4.78, 5) is 35.6. The Morgan fingerprint density at radius 1 is 1.34 bits per heavy atom. The number of imide groups is 1. The van der Waals surface area contributed by atoms with Crippen LogP contribution in [0.1, 0.15) is 13.8 Å². The summed E-state index contributed by atoms with van der Waals surface area (Å²) in [5, 5.41) is 0. The number of amidine groups is 1. The number of para-hydroxylation sites is 2. The van der Waals surface area contributed by atoms with E-state index in [0.717, 1.165) is 23.6 Å². The van der Waals surface area contributed by atoms with Gasteiger partial charge in [-0.1, -0.05) is 36.2 Å². The minimum Gasteiger partial charge on any atom is -0.493 e. The number of anilines is 1. The second-order valence-corrected chi connectivity index (χ2v) is 7.94. The number of hydrogen-bond acceptors (Lipinski definition) is 5. The summed E-state index contributed by atoms with van der Waals surface area (Å²) >= 11 is 0. The van der Waals surface area contributed by atoms with Gasteiger partial charge in [-0.3, -0.25) is 14.6 Å². The summed E-state index contributed by atoms with van der Waals surface area (Å²) in [5.41, 5.74) is 1.65. The third-order valence-corrected chi connectivity index (χ3v) is 5.44. The molecular formula is C21H26N5O3+. The number of fused-ring (bicyclic) bond motifs is 2. The van der Waals surface area contributed by atoms with Crippen molar-refractivity contribution in [1.29, 1.82) is 0 Å². The molecule has 0 spiro atoms. The van der Waals surface area contributed by atoms with Crippen molar-refractivity contribution in [3.8, 4) is 5.75 Å². The number of benzene rings is 1. The molecule has 4 rings (SSSR count). The van der Waals surface area contributed by atoms with E-state index in [1.165, 1.54) is 9.80 Å². The molecule has 29 heavy (non-hydrogen) atoms. The Balaban J connectivity index is 1.80. The number of nitrogens with zero attached hydrogens (tertiary/aromatic N) is 5. The molecular weight excluding hydrogens is 370 g/mol. The molecule has 3 aliphatic heterocycles. The normalized spacial score (nSPS) is 23.9. The molecule has 152 valence electrons. The zero-order valence-corrected chi connectivity index (χ0v) is 17.3. The molecule has 0 N–H and O–H groups in total. The SMILES string of the molecule is C=C(C)CN1C(=O)C2C(=NC3=[N+]2CC(C)CN3c2ccccc2OC)N(C)C1=O. The van der Waals surface area contributed by atoms with Crippen molar-refractivity contribution < 1.29 is 18.9 Å². The highest BCUT2D eigenvalue weighted by molar-refractivity contribution is 6.24. The Labute approximate surface area is 170 Å². The first-order valence-electron chi connectivity index (χ1n) is 9.69. The van der Waals surface area contributed by atoms with Crippen molar-refractivity contribution in [2.24, 2.45) is 10.9 Å². The topological polar surface area (TPSA) is 68.5 Å². The van der Waals surface area contributed by atoms with Crippen molar-refractivity contribution in [1.82, 2.24) is 9.80 Å². The number of amides is 3. The van der Waals surface area contributed by atoms with Gasteiger partial charge in [0.1, 0.15) is 5.69 Å². The van der Waals surface area contributed by atoms with Gasteiger partial charge in [0.15, 0.2) is 5.75 Å². The van der Waals surface area contributed by atoms with Gasteiger partial charge in [0, 0.05) is 13.0 Å².